The van der Waals surface area contributed by atoms with Crippen molar-refractivity contribution in [2.75, 3.05) is 11.9 Å². The number of imidazole rings is 1. The summed E-state index contributed by atoms with van der Waals surface area (Å²) in [7, 11) is 0. The van der Waals surface area contributed by atoms with Crippen molar-refractivity contribution in [1.29, 1.82) is 0 Å². The third-order valence-electron chi connectivity index (χ3n) is 2.34. The van der Waals surface area contributed by atoms with Crippen LogP contribution >= 0.6 is 0 Å². The third kappa shape index (κ3) is 4.16. The highest BCUT2D eigenvalue weighted by Gasteiger charge is 2.17. The fourth-order valence-electron chi connectivity index (χ4n) is 1.57. The van der Waals surface area contributed by atoms with Crippen LogP contribution in [0.25, 0.3) is 5.65 Å². The van der Waals surface area contributed by atoms with Gasteiger partial charge in [0.2, 0.25) is 5.91 Å². The summed E-state index contributed by atoms with van der Waals surface area (Å²) >= 11 is 0. The molecule has 2 rings (SSSR count). The zero-order valence-corrected chi connectivity index (χ0v) is 12.1. The minimum atomic E-state index is -0.645. The Labute approximate surface area is 121 Å². The monoisotopic (exact) mass is 291 g/mol. The van der Waals surface area contributed by atoms with E-state index < -0.39 is 17.6 Å². The number of amides is 2. The lowest BCUT2D eigenvalue weighted by atomic mass is 10.2. The Morgan fingerprint density at radius 3 is 2.86 bits per heavy atom. The van der Waals surface area contributed by atoms with Crippen LogP contribution in [0.4, 0.5) is 10.6 Å². The average molecular weight is 291 g/mol. The van der Waals surface area contributed by atoms with Crippen LogP contribution in [0.15, 0.2) is 24.5 Å². The molecule has 21 heavy (non-hydrogen) atoms. The van der Waals surface area contributed by atoms with Crippen molar-refractivity contribution in [3.63, 3.8) is 0 Å². The number of carbonyl (C=O) groups is 2. The molecule has 0 atom stereocenters. The number of rotatable bonds is 3. The molecule has 0 saturated heterocycles. The zero-order valence-electron chi connectivity index (χ0n) is 12.1. The number of hydrogen-bond acceptors (Lipinski definition) is 5. The van der Waals surface area contributed by atoms with Crippen LogP contribution in [-0.2, 0) is 9.53 Å². The number of hydrogen-bond donors (Lipinski definition) is 2. The first-order chi connectivity index (χ1) is 9.85. The maximum atomic E-state index is 11.8. The predicted molar refractivity (Wildman–Crippen MR) is 75.9 cm³/mol. The first-order valence-corrected chi connectivity index (χ1v) is 6.40. The van der Waals surface area contributed by atoms with Gasteiger partial charge < -0.3 is 15.4 Å². The standard InChI is InChI=1S/C13H17N5O3/c1-13(2,3)21-12(20)15-8-11(19)17-10-7-14-9-5-4-6-16-18(9)10/h4-7H,8H2,1-3H3,(H,15,20)(H,17,19). The highest BCUT2D eigenvalue weighted by atomic mass is 16.6. The second-order valence-corrected chi connectivity index (χ2v) is 5.34. The highest BCUT2D eigenvalue weighted by Crippen LogP contribution is 2.09. The van der Waals surface area contributed by atoms with Gasteiger partial charge in [0.15, 0.2) is 11.5 Å². The number of alkyl carbamates (subject to hydrolysis) is 1. The molecule has 2 aromatic rings. The summed E-state index contributed by atoms with van der Waals surface area (Å²) in [5.74, 6) is 0.0369. The second kappa shape index (κ2) is 5.78. The van der Waals surface area contributed by atoms with Gasteiger partial charge in [-0.25, -0.2) is 9.78 Å². The first kappa shape index (κ1) is 14.8. The summed E-state index contributed by atoms with van der Waals surface area (Å²) in [5, 5.41) is 9.05. The van der Waals surface area contributed by atoms with E-state index in [1.54, 1.807) is 39.1 Å². The summed E-state index contributed by atoms with van der Waals surface area (Å²) in [4.78, 5) is 27.3. The summed E-state index contributed by atoms with van der Waals surface area (Å²) in [6.45, 7) is 5.04. The molecule has 2 aromatic heterocycles. The second-order valence-electron chi connectivity index (χ2n) is 5.34. The molecule has 0 unspecified atom stereocenters. The van der Waals surface area contributed by atoms with Gasteiger partial charge in [-0.15, -0.1) is 0 Å². The van der Waals surface area contributed by atoms with Crippen LogP contribution in [0, 0.1) is 0 Å². The van der Waals surface area contributed by atoms with Crippen LogP contribution in [0.2, 0.25) is 0 Å². The summed E-state index contributed by atoms with van der Waals surface area (Å²) < 4.78 is 6.53. The molecular weight excluding hydrogens is 274 g/mol. The molecular formula is C13H17N5O3. The van der Waals surface area contributed by atoms with E-state index in [4.69, 9.17) is 4.74 Å². The van der Waals surface area contributed by atoms with Gasteiger partial charge in [-0.1, -0.05) is 0 Å². The molecule has 2 heterocycles. The van der Waals surface area contributed by atoms with Gasteiger partial charge >= 0.3 is 6.09 Å². The van der Waals surface area contributed by atoms with Crippen molar-refractivity contribution in [3.05, 3.63) is 24.5 Å². The predicted octanol–water partition coefficient (Wildman–Crippen LogP) is 1.19. The normalized spacial score (nSPS) is 11.2. The summed E-state index contributed by atoms with van der Waals surface area (Å²) in [6.07, 6.45) is 2.44. The molecule has 2 N–H and O–H groups in total. The van der Waals surface area contributed by atoms with Gasteiger partial charge in [0.05, 0.1) is 6.20 Å². The SMILES string of the molecule is CC(C)(C)OC(=O)NCC(=O)Nc1cnc2cccnn12. The van der Waals surface area contributed by atoms with Gasteiger partial charge in [-0.05, 0) is 32.9 Å². The van der Waals surface area contributed by atoms with Gasteiger partial charge in [-0.3, -0.25) is 4.79 Å². The molecule has 0 aromatic carbocycles. The van der Waals surface area contributed by atoms with E-state index in [0.29, 0.717) is 11.5 Å². The number of nitrogens with zero attached hydrogens (tertiary/aromatic N) is 3. The van der Waals surface area contributed by atoms with Crippen LogP contribution in [0.3, 0.4) is 0 Å². The minimum absolute atomic E-state index is 0.199. The number of fused-ring (bicyclic) bond motifs is 1. The molecule has 0 aliphatic carbocycles. The van der Waals surface area contributed by atoms with Crippen LogP contribution in [0.5, 0.6) is 0 Å². The van der Waals surface area contributed by atoms with E-state index in [2.05, 4.69) is 20.7 Å². The number of ether oxygens (including phenoxy) is 1. The molecule has 112 valence electrons. The molecule has 0 saturated carbocycles. The molecule has 8 nitrogen and oxygen atoms in total. The van der Waals surface area contributed by atoms with Crippen molar-refractivity contribution >= 4 is 23.5 Å². The quantitative estimate of drug-likeness (QED) is 0.885. The van der Waals surface area contributed by atoms with E-state index in [1.165, 1.54) is 10.7 Å². The zero-order chi connectivity index (χ0) is 15.5. The Hall–Kier alpha value is -2.64. The minimum Gasteiger partial charge on any atom is -0.444 e. The van der Waals surface area contributed by atoms with Crippen LogP contribution < -0.4 is 10.6 Å². The Morgan fingerprint density at radius 1 is 1.38 bits per heavy atom. The Morgan fingerprint density at radius 2 is 2.14 bits per heavy atom. The molecule has 2 amide bonds. The number of anilines is 1. The fourth-order valence-corrected chi connectivity index (χ4v) is 1.57. The van der Waals surface area contributed by atoms with E-state index in [-0.39, 0.29) is 6.54 Å². The largest absolute Gasteiger partial charge is 0.444 e. The van der Waals surface area contributed by atoms with Gasteiger partial charge in [0, 0.05) is 6.20 Å². The average Bonchev–Trinajstić information content (AvgIpc) is 2.78. The van der Waals surface area contributed by atoms with Crippen molar-refractivity contribution in [1.82, 2.24) is 19.9 Å². The van der Waals surface area contributed by atoms with Crippen LogP contribution in [0.1, 0.15) is 20.8 Å². The van der Waals surface area contributed by atoms with Crippen molar-refractivity contribution in [2.24, 2.45) is 0 Å². The smallest absolute Gasteiger partial charge is 0.408 e. The highest BCUT2D eigenvalue weighted by molar-refractivity contribution is 5.93. The lowest BCUT2D eigenvalue weighted by molar-refractivity contribution is -0.115. The first-order valence-electron chi connectivity index (χ1n) is 6.40. The number of carbonyl (C=O) groups excluding carboxylic acids is 2. The maximum Gasteiger partial charge on any atom is 0.408 e. The molecule has 0 aliphatic heterocycles. The lowest BCUT2D eigenvalue weighted by Gasteiger charge is -2.19. The van der Waals surface area contributed by atoms with E-state index in [0.717, 1.165) is 0 Å². The third-order valence-corrected chi connectivity index (χ3v) is 2.34. The number of nitrogens with one attached hydrogen (secondary N) is 2. The molecule has 0 spiro atoms. The molecule has 0 fully saturated rings. The molecule has 8 heteroatoms. The Balaban J connectivity index is 1.89. The van der Waals surface area contributed by atoms with Gasteiger partial charge in [-0.2, -0.15) is 9.61 Å². The Bertz CT molecular complexity index is 659. The van der Waals surface area contributed by atoms with Crippen molar-refractivity contribution < 1.29 is 14.3 Å². The fraction of sp³-hybridized carbons (Fsp3) is 0.385. The van der Waals surface area contributed by atoms with Gasteiger partial charge in [0.1, 0.15) is 12.1 Å². The Kier molecular flexibility index (Phi) is 4.06. The van der Waals surface area contributed by atoms with Crippen molar-refractivity contribution in [3.8, 4) is 0 Å². The molecule has 0 bridgehead atoms. The van der Waals surface area contributed by atoms with E-state index in [9.17, 15) is 9.59 Å². The molecule has 0 aliphatic rings. The van der Waals surface area contributed by atoms with E-state index in [1.807, 2.05) is 0 Å². The van der Waals surface area contributed by atoms with E-state index >= 15 is 0 Å². The topological polar surface area (TPSA) is 97.6 Å². The van der Waals surface area contributed by atoms with Gasteiger partial charge in [0.25, 0.3) is 0 Å². The lowest BCUT2D eigenvalue weighted by Crippen LogP contribution is -2.37. The molecule has 0 radical (unpaired) electrons. The van der Waals surface area contributed by atoms with Crippen molar-refractivity contribution in [2.45, 2.75) is 26.4 Å². The summed E-state index contributed by atoms with van der Waals surface area (Å²) in [6, 6.07) is 3.51. The van der Waals surface area contributed by atoms with Crippen LogP contribution in [-0.4, -0.2) is 38.7 Å². The number of aromatic nitrogens is 3. The maximum absolute atomic E-state index is 11.8. The summed E-state index contributed by atoms with van der Waals surface area (Å²) in [5.41, 5.74) is 0.0134.